The van der Waals surface area contributed by atoms with Gasteiger partial charge in [0.1, 0.15) is 24.1 Å². The number of hydrogen-bond acceptors (Lipinski definition) is 6. The number of hydrogen-bond donors (Lipinski definition) is 2. The molecule has 5 atom stereocenters. The van der Waals surface area contributed by atoms with Crippen molar-refractivity contribution in [1.29, 1.82) is 0 Å². The van der Waals surface area contributed by atoms with E-state index in [1.807, 2.05) is 24.3 Å². The van der Waals surface area contributed by atoms with Gasteiger partial charge in [-0.1, -0.05) is 26.8 Å². The number of guanidine groups is 1. The van der Waals surface area contributed by atoms with Crippen LogP contribution in [0.15, 0.2) is 70.7 Å². The maximum atomic E-state index is 14.8. The summed E-state index contributed by atoms with van der Waals surface area (Å²) in [5.41, 5.74) is 2.63. The van der Waals surface area contributed by atoms with Crippen molar-refractivity contribution < 1.29 is 13.5 Å². The molecule has 2 bridgehead atoms. The number of anilines is 1. The minimum absolute atomic E-state index is 0.178. The topological polar surface area (TPSA) is 96.7 Å². The van der Waals surface area contributed by atoms with Gasteiger partial charge in [0, 0.05) is 55.9 Å². The molecule has 0 spiro atoms. The van der Waals surface area contributed by atoms with Crippen molar-refractivity contribution in [2.45, 2.75) is 58.7 Å². The summed E-state index contributed by atoms with van der Waals surface area (Å²) in [6.45, 7) is 8.77. The number of benzene rings is 2. The molecule has 3 aliphatic carbocycles. The lowest BCUT2D eigenvalue weighted by molar-refractivity contribution is -0.108. The Bertz CT molecular complexity index is 1910. The summed E-state index contributed by atoms with van der Waals surface area (Å²) in [5.74, 6) is 3.01. The van der Waals surface area contributed by atoms with Crippen molar-refractivity contribution in [1.82, 2.24) is 24.8 Å². The zero-order valence-electron chi connectivity index (χ0n) is 28.6. The minimum Gasteiger partial charge on any atom is -0.497 e. The summed E-state index contributed by atoms with van der Waals surface area (Å²) in [7, 11) is 1.50. The maximum Gasteiger partial charge on any atom is 0.261 e. The lowest BCUT2D eigenvalue weighted by Crippen LogP contribution is -2.58. The summed E-state index contributed by atoms with van der Waals surface area (Å²) in [6, 6.07) is 13.8. The molecule has 11 heteroatoms. The van der Waals surface area contributed by atoms with Gasteiger partial charge < -0.3 is 20.3 Å². The maximum absolute atomic E-state index is 14.8. The highest BCUT2D eigenvalue weighted by molar-refractivity contribution is 5.96. The van der Waals surface area contributed by atoms with Crippen LogP contribution in [0, 0.1) is 29.0 Å². The van der Waals surface area contributed by atoms with E-state index in [9.17, 15) is 13.6 Å². The number of alkyl halides is 1. The third kappa shape index (κ3) is 6.40. The molecule has 2 N–H and O–H groups in total. The van der Waals surface area contributed by atoms with Crippen LogP contribution in [0.1, 0.15) is 39.2 Å². The number of piperazine rings is 1. The molecule has 4 fully saturated rings. The molecule has 0 radical (unpaired) electrons. The van der Waals surface area contributed by atoms with Crippen LogP contribution in [0.25, 0.3) is 22.3 Å². The van der Waals surface area contributed by atoms with E-state index in [1.165, 1.54) is 19.6 Å². The van der Waals surface area contributed by atoms with Crippen molar-refractivity contribution in [3.05, 3.63) is 82.7 Å². The number of nitrogens with one attached hydrogen (secondary N) is 2. The van der Waals surface area contributed by atoms with Gasteiger partial charge >= 0.3 is 0 Å². The van der Waals surface area contributed by atoms with Crippen LogP contribution in [0.4, 0.5) is 14.5 Å². The summed E-state index contributed by atoms with van der Waals surface area (Å²) >= 11 is 0. The molecule has 49 heavy (non-hydrogen) atoms. The second-order valence-electron chi connectivity index (χ2n) is 14.4. The summed E-state index contributed by atoms with van der Waals surface area (Å²) < 4.78 is 35.4. The highest BCUT2D eigenvalue weighted by Gasteiger charge is 2.56. The van der Waals surface area contributed by atoms with E-state index in [0.717, 1.165) is 23.6 Å². The molecule has 1 aliphatic heterocycles. The number of rotatable bonds is 8. The Kier molecular flexibility index (Phi) is 9.13. The molecule has 3 heterocycles. The first kappa shape index (κ1) is 33.1. The van der Waals surface area contributed by atoms with E-state index in [0.29, 0.717) is 77.3 Å². The van der Waals surface area contributed by atoms with Crippen LogP contribution < -0.4 is 20.9 Å². The SMILES string of the molecule is COc1ccc(CCn2c(-c3ccncc3)nc3cc(NC(=N[C@H]4C[C@@H]5C[C@@H]([C@H]4C)C5(C)C)N4CCN[C@@H](CF)C4)ccc3c2=O)c(F)c1. The van der Waals surface area contributed by atoms with Crippen LogP contribution in [-0.4, -0.2) is 70.9 Å². The second kappa shape index (κ2) is 13.5. The molecule has 1 saturated heterocycles. The molecule has 2 aromatic heterocycles. The van der Waals surface area contributed by atoms with Gasteiger partial charge in [0.25, 0.3) is 5.56 Å². The molecular weight excluding hydrogens is 624 g/mol. The molecule has 2 aromatic carbocycles. The smallest absolute Gasteiger partial charge is 0.261 e. The molecule has 4 aromatic rings. The third-order valence-electron chi connectivity index (χ3n) is 11.4. The van der Waals surface area contributed by atoms with Gasteiger partial charge in [0.05, 0.1) is 30.1 Å². The highest BCUT2D eigenvalue weighted by Crippen LogP contribution is 2.61. The summed E-state index contributed by atoms with van der Waals surface area (Å²) in [6.07, 6.45) is 5.93. The average molecular weight is 670 g/mol. The van der Waals surface area contributed by atoms with Crippen LogP contribution in [0.2, 0.25) is 0 Å². The Morgan fingerprint density at radius 2 is 1.96 bits per heavy atom. The van der Waals surface area contributed by atoms with Crippen molar-refractivity contribution in [3.63, 3.8) is 0 Å². The number of nitrogens with zero attached hydrogens (tertiary/aromatic N) is 5. The quantitative estimate of drug-likeness (QED) is 0.177. The number of ether oxygens (including phenoxy) is 1. The molecule has 3 saturated carbocycles. The predicted octanol–water partition coefficient (Wildman–Crippen LogP) is 5.93. The Balaban J connectivity index is 1.23. The first-order valence-electron chi connectivity index (χ1n) is 17.3. The average Bonchev–Trinajstić information content (AvgIpc) is 3.12. The Morgan fingerprint density at radius 1 is 1.14 bits per heavy atom. The van der Waals surface area contributed by atoms with Gasteiger partial charge in [-0.15, -0.1) is 0 Å². The molecule has 4 aliphatic rings. The minimum atomic E-state index is -0.447. The van der Waals surface area contributed by atoms with Gasteiger partial charge in [0.2, 0.25) is 0 Å². The molecule has 258 valence electrons. The second-order valence-corrected chi connectivity index (χ2v) is 14.4. The number of pyridine rings is 1. The first-order valence-corrected chi connectivity index (χ1v) is 17.3. The van der Waals surface area contributed by atoms with Crippen LogP contribution >= 0.6 is 0 Å². The largest absolute Gasteiger partial charge is 0.497 e. The fourth-order valence-corrected chi connectivity index (χ4v) is 8.21. The zero-order chi connectivity index (χ0) is 34.3. The van der Waals surface area contributed by atoms with E-state index in [2.05, 4.69) is 41.3 Å². The van der Waals surface area contributed by atoms with E-state index >= 15 is 0 Å². The van der Waals surface area contributed by atoms with Crippen LogP contribution in [-0.2, 0) is 13.0 Å². The van der Waals surface area contributed by atoms with E-state index in [1.54, 1.807) is 35.2 Å². The Labute approximate surface area is 285 Å². The van der Waals surface area contributed by atoms with Gasteiger partial charge in [-0.3, -0.25) is 14.3 Å². The molecule has 9 nitrogen and oxygen atoms in total. The first-order chi connectivity index (χ1) is 23.7. The van der Waals surface area contributed by atoms with Crippen molar-refractivity contribution in [3.8, 4) is 17.1 Å². The fourth-order valence-electron chi connectivity index (χ4n) is 8.21. The highest BCUT2D eigenvalue weighted by atomic mass is 19.1. The van der Waals surface area contributed by atoms with Gasteiger partial charge in [0.15, 0.2) is 5.96 Å². The molecular formula is C38H45F2N7O2. The number of halogens is 2. The summed E-state index contributed by atoms with van der Waals surface area (Å²) in [5, 5.41) is 7.30. The normalized spacial score (nSPS) is 24.8. The van der Waals surface area contributed by atoms with Gasteiger partial charge in [-0.25, -0.2) is 18.8 Å². The van der Waals surface area contributed by atoms with Crippen LogP contribution in [0.5, 0.6) is 5.75 Å². The molecule has 8 rings (SSSR count). The van der Waals surface area contributed by atoms with Gasteiger partial charge in [-0.05, 0) is 84.4 Å². The number of methoxy groups -OCH3 is 1. The third-order valence-corrected chi connectivity index (χ3v) is 11.4. The molecule has 0 unspecified atom stereocenters. The fraction of sp³-hybridized carbons (Fsp3) is 0.474. The van der Waals surface area contributed by atoms with Gasteiger partial charge in [-0.2, -0.15) is 0 Å². The number of aryl methyl sites for hydroxylation is 1. The zero-order valence-corrected chi connectivity index (χ0v) is 28.6. The van der Waals surface area contributed by atoms with Crippen molar-refractivity contribution >= 4 is 22.5 Å². The van der Waals surface area contributed by atoms with E-state index in [-0.39, 0.29) is 30.0 Å². The summed E-state index contributed by atoms with van der Waals surface area (Å²) in [4.78, 5) is 30.7. The predicted molar refractivity (Wildman–Crippen MR) is 189 cm³/mol. The standard InChI is InChI=1S/C38H45F2N7O2/c1-23-31-17-26(38(31,2)3)18-33(23)45-37(46-16-14-42-28(21-39)22-46)43-27-6-8-30-34(19-27)44-35(25-9-12-41-13-10-25)47(36(30)48)15-11-24-5-7-29(49-4)20-32(24)40/h5-10,12-13,19-20,23,26,28,31,33,42H,11,14-18,21-22H2,1-4H3,(H,43,45)/t23-,26+,28+,31+,33+/m1/s1. The van der Waals surface area contributed by atoms with E-state index in [4.69, 9.17) is 14.7 Å². The van der Waals surface area contributed by atoms with Crippen LogP contribution in [0.3, 0.4) is 0 Å². The lowest BCUT2D eigenvalue weighted by atomic mass is 9.45. The Hall–Kier alpha value is -4.38. The van der Waals surface area contributed by atoms with Crippen molar-refractivity contribution in [2.24, 2.45) is 28.2 Å². The monoisotopic (exact) mass is 669 g/mol. The molecule has 0 amide bonds. The number of aromatic nitrogens is 3. The number of fused-ring (bicyclic) bond motifs is 3. The van der Waals surface area contributed by atoms with E-state index < -0.39 is 6.67 Å². The van der Waals surface area contributed by atoms with Crippen molar-refractivity contribution in [2.75, 3.05) is 38.7 Å². The Morgan fingerprint density at radius 3 is 2.67 bits per heavy atom. The lowest BCUT2D eigenvalue weighted by Gasteiger charge is -2.61. The number of aliphatic imine (C=N–C) groups is 1.